The van der Waals surface area contributed by atoms with Crippen molar-refractivity contribution < 1.29 is 8.63 Å². The number of rotatable bonds is 5. The van der Waals surface area contributed by atoms with E-state index in [9.17, 15) is 4.21 Å². The molecule has 106 valence electrons. The molecule has 4 nitrogen and oxygen atoms in total. The molecule has 0 unspecified atom stereocenters. The van der Waals surface area contributed by atoms with Crippen LogP contribution in [0.25, 0.3) is 0 Å². The van der Waals surface area contributed by atoms with Crippen LogP contribution in [0.4, 0.5) is 0 Å². The van der Waals surface area contributed by atoms with Gasteiger partial charge in [-0.15, -0.1) is 0 Å². The molecule has 0 aromatic carbocycles. The van der Waals surface area contributed by atoms with E-state index in [0.29, 0.717) is 0 Å². The predicted molar refractivity (Wildman–Crippen MR) is 76.5 cm³/mol. The normalized spacial score (nSPS) is 21.9. The second-order valence-corrected chi connectivity index (χ2v) is 7.27. The van der Waals surface area contributed by atoms with Crippen LogP contribution in [-0.2, 0) is 23.9 Å². The van der Waals surface area contributed by atoms with Crippen LogP contribution in [0.2, 0.25) is 0 Å². The van der Waals surface area contributed by atoms with Crippen molar-refractivity contribution in [1.29, 1.82) is 0 Å². The maximum absolute atomic E-state index is 11.3. The van der Waals surface area contributed by atoms with Gasteiger partial charge < -0.3 is 9.73 Å². The van der Waals surface area contributed by atoms with Crippen LogP contribution in [-0.4, -0.2) is 39.7 Å². The second kappa shape index (κ2) is 5.77. The molecule has 2 heterocycles. The molecule has 0 atom stereocenters. The van der Waals surface area contributed by atoms with Gasteiger partial charge in [0.05, 0.1) is 6.54 Å². The van der Waals surface area contributed by atoms with Gasteiger partial charge in [0.1, 0.15) is 11.5 Å². The summed E-state index contributed by atoms with van der Waals surface area (Å²) in [6.45, 7) is 5.65. The third-order valence-corrected chi connectivity index (χ3v) is 5.16. The van der Waals surface area contributed by atoms with Crippen molar-refractivity contribution >= 4 is 10.8 Å². The molecule has 2 aliphatic rings. The largest absolute Gasteiger partial charge is 0.465 e. The Morgan fingerprint density at radius 1 is 1.42 bits per heavy atom. The molecule has 0 amide bonds. The van der Waals surface area contributed by atoms with E-state index in [1.165, 1.54) is 18.4 Å². The molecule has 0 spiro atoms. The fourth-order valence-electron chi connectivity index (χ4n) is 2.44. The van der Waals surface area contributed by atoms with Gasteiger partial charge in [-0.1, -0.05) is 0 Å². The molecule has 0 radical (unpaired) electrons. The van der Waals surface area contributed by atoms with E-state index < -0.39 is 10.8 Å². The summed E-state index contributed by atoms with van der Waals surface area (Å²) < 4.78 is 17.2. The van der Waals surface area contributed by atoms with Crippen LogP contribution < -0.4 is 5.32 Å². The van der Waals surface area contributed by atoms with Crippen molar-refractivity contribution in [3.05, 3.63) is 23.2 Å². The molecule has 1 N–H and O–H groups in total. The van der Waals surface area contributed by atoms with Gasteiger partial charge in [-0.2, -0.15) is 0 Å². The zero-order valence-corrected chi connectivity index (χ0v) is 12.3. The molecule has 1 saturated carbocycles. The van der Waals surface area contributed by atoms with Gasteiger partial charge in [-0.3, -0.25) is 9.11 Å². The van der Waals surface area contributed by atoms with Gasteiger partial charge in [-0.05, 0) is 25.8 Å². The summed E-state index contributed by atoms with van der Waals surface area (Å²) in [6, 6.07) is 2.91. The number of nitrogens with zero attached hydrogens (tertiary/aromatic N) is 1. The van der Waals surface area contributed by atoms with Crippen LogP contribution in [0.1, 0.15) is 29.9 Å². The fourth-order valence-corrected chi connectivity index (χ4v) is 3.56. The Hall–Kier alpha value is -0.650. The van der Waals surface area contributed by atoms with E-state index in [4.69, 9.17) is 4.42 Å². The van der Waals surface area contributed by atoms with Crippen LogP contribution in [0.5, 0.6) is 0 Å². The Morgan fingerprint density at radius 3 is 2.84 bits per heavy atom. The predicted octanol–water partition coefficient (Wildman–Crippen LogP) is 1.40. The molecule has 1 saturated heterocycles. The van der Waals surface area contributed by atoms with Crippen LogP contribution in [0, 0.1) is 6.92 Å². The number of hydrogen-bond acceptors (Lipinski definition) is 4. The highest BCUT2D eigenvalue weighted by molar-refractivity contribution is 7.85. The standard InChI is InChI=1S/C14H22N2O2S/c1-11-12(9-15-13-2-3-13)8-14(18-11)10-16-4-6-19(17)7-5-16/h8,13,15H,2-7,9-10H2,1H3. The van der Waals surface area contributed by atoms with E-state index in [-0.39, 0.29) is 0 Å². The molecule has 1 aliphatic heterocycles. The Kier molecular flexibility index (Phi) is 4.05. The summed E-state index contributed by atoms with van der Waals surface area (Å²) >= 11 is 0. The van der Waals surface area contributed by atoms with Crippen molar-refractivity contribution in [1.82, 2.24) is 10.2 Å². The highest BCUT2D eigenvalue weighted by Gasteiger charge is 2.21. The molecule has 2 fully saturated rings. The number of hydrogen-bond donors (Lipinski definition) is 1. The van der Waals surface area contributed by atoms with E-state index in [2.05, 4.69) is 16.3 Å². The van der Waals surface area contributed by atoms with Gasteiger partial charge in [-0.25, -0.2) is 0 Å². The van der Waals surface area contributed by atoms with E-state index >= 15 is 0 Å². The Morgan fingerprint density at radius 2 is 2.16 bits per heavy atom. The first-order valence-electron chi connectivity index (χ1n) is 7.09. The summed E-state index contributed by atoms with van der Waals surface area (Å²) in [5, 5.41) is 3.52. The molecule has 3 rings (SSSR count). The highest BCUT2D eigenvalue weighted by atomic mass is 32.2. The molecular weight excluding hydrogens is 260 g/mol. The van der Waals surface area contributed by atoms with E-state index in [1.807, 2.05) is 6.92 Å². The first kappa shape index (κ1) is 13.3. The van der Waals surface area contributed by atoms with Crippen LogP contribution >= 0.6 is 0 Å². The Bertz CT molecular complexity index is 458. The van der Waals surface area contributed by atoms with Gasteiger partial charge in [0.15, 0.2) is 0 Å². The minimum Gasteiger partial charge on any atom is -0.465 e. The summed E-state index contributed by atoms with van der Waals surface area (Å²) in [6.07, 6.45) is 2.63. The van der Waals surface area contributed by atoms with Gasteiger partial charge >= 0.3 is 0 Å². The molecule has 19 heavy (non-hydrogen) atoms. The van der Waals surface area contributed by atoms with E-state index in [0.717, 1.165) is 55.2 Å². The second-order valence-electron chi connectivity index (χ2n) is 5.57. The quantitative estimate of drug-likeness (QED) is 0.887. The Balaban J connectivity index is 1.55. The smallest absolute Gasteiger partial charge is 0.118 e. The lowest BCUT2D eigenvalue weighted by atomic mass is 10.2. The SMILES string of the molecule is Cc1oc(CN2CCS(=O)CC2)cc1CNC1CC1. The summed E-state index contributed by atoms with van der Waals surface area (Å²) in [5.74, 6) is 3.67. The molecule has 1 aliphatic carbocycles. The van der Waals surface area contributed by atoms with Crippen molar-refractivity contribution in [2.45, 2.75) is 38.9 Å². The summed E-state index contributed by atoms with van der Waals surface area (Å²) in [7, 11) is -0.602. The summed E-state index contributed by atoms with van der Waals surface area (Å²) in [5.41, 5.74) is 1.28. The van der Waals surface area contributed by atoms with Gasteiger partial charge in [0.2, 0.25) is 0 Å². The third-order valence-electron chi connectivity index (χ3n) is 3.88. The zero-order valence-electron chi connectivity index (χ0n) is 11.5. The number of aryl methyl sites for hydroxylation is 1. The minimum absolute atomic E-state index is 0.602. The molecule has 5 heteroatoms. The monoisotopic (exact) mass is 282 g/mol. The lowest BCUT2D eigenvalue weighted by Crippen LogP contribution is -2.37. The minimum atomic E-state index is -0.602. The molecule has 0 bridgehead atoms. The first-order valence-corrected chi connectivity index (χ1v) is 8.58. The lowest BCUT2D eigenvalue weighted by Gasteiger charge is -2.24. The van der Waals surface area contributed by atoms with Crippen LogP contribution in [0.3, 0.4) is 0 Å². The number of nitrogens with one attached hydrogen (secondary N) is 1. The topological polar surface area (TPSA) is 45.5 Å². The zero-order chi connectivity index (χ0) is 13.2. The summed E-state index contributed by atoms with van der Waals surface area (Å²) in [4.78, 5) is 2.33. The average Bonchev–Trinajstić information content (AvgIpc) is 3.15. The first-order chi connectivity index (χ1) is 9.20. The molecule has 1 aromatic rings. The lowest BCUT2D eigenvalue weighted by molar-refractivity contribution is 0.263. The molecular formula is C14H22N2O2S. The van der Waals surface area contributed by atoms with Crippen molar-refractivity contribution in [2.24, 2.45) is 0 Å². The van der Waals surface area contributed by atoms with E-state index in [1.54, 1.807) is 0 Å². The third kappa shape index (κ3) is 3.68. The van der Waals surface area contributed by atoms with Crippen molar-refractivity contribution in [3.63, 3.8) is 0 Å². The Labute approximate surface area is 117 Å². The number of furan rings is 1. The average molecular weight is 282 g/mol. The van der Waals surface area contributed by atoms with Crippen molar-refractivity contribution in [2.75, 3.05) is 24.6 Å². The highest BCUT2D eigenvalue weighted by Crippen LogP contribution is 2.21. The fraction of sp³-hybridized carbons (Fsp3) is 0.714. The van der Waals surface area contributed by atoms with Crippen molar-refractivity contribution in [3.8, 4) is 0 Å². The maximum atomic E-state index is 11.3. The maximum Gasteiger partial charge on any atom is 0.118 e. The van der Waals surface area contributed by atoms with Crippen LogP contribution in [0.15, 0.2) is 10.5 Å². The molecule has 1 aromatic heterocycles. The van der Waals surface area contributed by atoms with Gasteiger partial charge in [0.25, 0.3) is 0 Å². The van der Waals surface area contributed by atoms with Gasteiger partial charge in [0, 0.05) is 53.5 Å².